The normalized spacial score (nSPS) is 16.0. The highest BCUT2D eigenvalue weighted by atomic mass is 35.5. The van der Waals surface area contributed by atoms with Crippen LogP contribution in [0, 0.1) is 17.1 Å². The third-order valence-electron chi connectivity index (χ3n) is 6.88. The molecule has 0 radical (unpaired) electrons. The van der Waals surface area contributed by atoms with Gasteiger partial charge in [0.05, 0.1) is 22.9 Å². The SMILES string of the molecule is CC(C)=C1OC(=O)N(c2cc(OC3CCCC3)c(Cl)cc2F)C1=O.CCNc1nc(Cl)nc(NC(C)(C)C#N)n1.CP(=O)(O)CCC(N)C(=O)O. The molecule has 2 aliphatic rings. The number of carboxylic acids is 1. The minimum Gasteiger partial charge on any atom is -0.489 e. The van der Waals surface area contributed by atoms with Crippen LogP contribution in [0.3, 0.4) is 0 Å². The number of cyclic esters (lactones) is 1. The number of aromatic nitrogens is 3. The maximum atomic E-state index is 14.3. The van der Waals surface area contributed by atoms with E-state index in [4.69, 9.17) is 53.7 Å². The summed E-state index contributed by atoms with van der Waals surface area (Å²) in [5, 5.41) is 23.1. The van der Waals surface area contributed by atoms with Crippen LogP contribution in [0.2, 0.25) is 10.3 Å². The van der Waals surface area contributed by atoms with E-state index in [0.29, 0.717) is 23.0 Å². The number of imide groups is 1. The fourth-order valence-corrected chi connectivity index (χ4v) is 5.42. The highest BCUT2D eigenvalue weighted by Crippen LogP contribution is 2.38. The van der Waals surface area contributed by atoms with Crippen molar-refractivity contribution in [3.05, 3.63) is 39.6 Å². The molecule has 1 aromatic carbocycles. The van der Waals surface area contributed by atoms with Crippen molar-refractivity contribution in [3.63, 3.8) is 0 Å². The van der Waals surface area contributed by atoms with Gasteiger partial charge in [0.25, 0.3) is 0 Å². The topological polar surface area (TPSA) is 243 Å². The number of allylic oxidation sites excluding steroid dienone is 1. The van der Waals surface area contributed by atoms with Gasteiger partial charge in [-0.15, -0.1) is 0 Å². The van der Waals surface area contributed by atoms with Crippen molar-refractivity contribution in [2.75, 3.05) is 34.9 Å². The number of nitrogens with two attached hydrogens (primary N) is 1. The lowest BCUT2D eigenvalue weighted by molar-refractivity contribution is -0.138. The van der Waals surface area contributed by atoms with Crippen molar-refractivity contribution in [2.45, 2.75) is 84.4 Å². The molecule has 1 aliphatic heterocycles. The second-order valence-corrected chi connectivity index (χ2v) is 15.5. The molecule has 0 bridgehead atoms. The summed E-state index contributed by atoms with van der Waals surface area (Å²) in [4.78, 5) is 55.7. The molecule has 1 aliphatic carbocycles. The van der Waals surface area contributed by atoms with Crippen LogP contribution in [-0.2, 0) is 18.9 Å². The summed E-state index contributed by atoms with van der Waals surface area (Å²) in [7, 11) is -3.10. The quantitative estimate of drug-likeness (QED) is 0.131. The molecule has 1 saturated heterocycles. The Balaban J connectivity index is 0.000000289. The number of carbonyl (C=O) groups is 3. The zero-order valence-corrected chi connectivity index (χ0v) is 31.4. The number of hydrogen-bond donors (Lipinski definition) is 5. The Morgan fingerprint density at radius 1 is 1.24 bits per heavy atom. The predicted octanol–water partition coefficient (Wildman–Crippen LogP) is 5.94. The maximum Gasteiger partial charge on any atom is 0.427 e. The molecule has 2 atom stereocenters. The Morgan fingerprint density at radius 2 is 1.84 bits per heavy atom. The highest BCUT2D eigenvalue weighted by Gasteiger charge is 2.40. The third kappa shape index (κ3) is 13.9. The number of hydrogen-bond acceptors (Lipinski definition) is 13. The number of aliphatic carboxylic acids is 1. The van der Waals surface area contributed by atoms with Crippen LogP contribution < -0.4 is 26.0 Å². The summed E-state index contributed by atoms with van der Waals surface area (Å²) in [6.07, 6.45) is 3.00. The Hall–Kier alpha value is -4.07. The lowest BCUT2D eigenvalue weighted by Gasteiger charge is -2.18. The predicted molar refractivity (Wildman–Crippen MR) is 190 cm³/mol. The number of nitriles is 1. The van der Waals surface area contributed by atoms with Gasteiger partial charge in [-0.05, 0) is 90.0 Å². The number of nitrogens with one attached hydrogen (secondary N) is 2. The first-order valence-corrected chi connectivity index (χ1v) is 18.7. The van der Waals surface area contributed by atoms with E-state index in [2.05, 4.69) is 31.7 Å². The summed E-state index contributed by atoms with van der Waals surface area (Å²) in [5.74, 6) is -1.80. The number of anilines is 3. The molecule has 6 N–H and O–H groups in total. The van der Waals surface area contributed by atoms with Gasteiger partial charge in [0.2, 0.25) is 17.2 Å². The molecule has 1 saturated carbocycles. The lowest BCUT2D eigenvalue weighted by atomic mass is 10.1. The molecule has 4 rings (SSSR count). The first-order chi connectivity index (χ1) is 23.7. The third-order valence-corrected chi connectivity index (χ3v) is 8.43. The number of halogens is 3. The van der Waals surface area contributed by atoms with Crippen molar-refractivity contribution in [1.29, 1.82) is 5.26 Å². The van der Waals surface area contributed by atoms with Gasteiger partial charge in [0.1, 0.15) is 23.1 Å². The first kappa shape index (κ1) is 43.1. The van der Waals surface area contributed by atoms with Crippen LogP contribution in [0.5, 0.6) is 5.75 Å². The van der Waals surface area contributed by atoms with Gasteiger partial charge in [0.15, 0.2) is 13.1 Å². The van der Waals surface area contributed by atoms with Crippen LogP contribution in [0.4, 0.5) is 26.8 Å². The van der Waals surface area contributed by atoms with Crippen molar-refractivity contribution in [3.8, 4) is 11.8 Å². The van der Waals surface area contributed by atoms with E-state index in [1.165, 1.54) is 12.7 Å². The molecule has 2 amide bonds. The first-order valence-electron chi connectivity index (χ1n) is 15.7. The van der Waals surface area contributed by atoms with E-state index in [1.54, 1.807) is 27.7 Å². The van der Waals surface area contributed by atoms with Crippen molar-refractivity contribution >= 4 is 66.1 Å². The molecule has 2 heterocycles. The summed E-state index contributed by atoms with van der Waals surface area (Å²) < 4.78 is 35.7. The number of ether oxygens (including phenoxy) is 2. The van der Waals surface area contributed by atoms with E-state index in [9.17, 15) is 23.3 Å². The monoisotopic (exact) mass is 774 g/mol. The number of benzene rings is 1. The zero-order chi connectivity index (χ0) is 38.7. The Bertz CT molecular complexity index is 1710. The maximum absolute atomic E-state index is 14.3. The van der Waals surface area contributed by atoms with Crippen LogP contribution in [-0.4, -0.2) is 80.0 Å². The Labute approximate surface area is 305 Å². The zero-order valence-electron chi connectivity index (χ0n) is 29.0. The fraction of sp³-hybridized carbons (Fsp3) is 0.516. The van der Waals surface area contributed by atoms with Gasteiger partial charge in [-0.2, -0.15) is 20.2 Å². The summed E-state index contributed by atoms with van der Waals surface area (Å²) in [5.41, 5.74) is 4.65. The molecule has 280 valence electrons. The Kier molecular flexibility index (Phi) is 16.0. The van der Waals surface area contributed by atoms with E-state index in [0.717, 1.165) is 31.7 Å². The fourth-order valence-electron chi connectivity index (χ4n) is 4.30. The molecular weight excluding hydrogens is 733 g/mol. The standard InChI is InChI=1S/C17H17ClFNO4.C9H13ClN6.C5H12NO4P/c1-9(2)15-16(21)20(17(22)24-15)13-8-14(11(18)7-12(13)19)23-10-5-3-4-6-10;1-4-12-7-13-6(10)14-8(15-7)16-9(2,3)5-11;1-11(9,10)3-2-4(6)5(7)8/h7-8,10H,3-6H2,1-2H3;4H2,1-3H3,(H2,12,13,14,15,16);4H,2-3,6H2,1H3,(H,7,8)(H,9,10). The average Bonchev–Trinajstić information content (AvgIpc) is 3.64. The molecule has 0 spiro atoms. The lowest BCUT2D eigenvalue weighted by Crippen LogP contribution is -2.30. The highest BCUT2D eigenvalue weighted by molar-refractivity contribution is 7.57. The van der Waals surface area contributed by atoms with Gasteiger partial charge >= 0.3 is 18.0 Å². The van der Waals surface area contributed by atoms with Gasteiger partial charge in [-0.3, -0.25) is 14.2 Å². The number of amides is 2. The van der Waals surface area contributed by atoms with Crippen molar-refractivity contribution in [2.24, 2.45) is 5.73 Å². The van der Waals surface area contributed by atoms with Crippen molar-refractivity contribution in [1.82, 2.24) is 15.0 Å². The summed E-state index contributed by atoms with van der Waals surface area (Å²) in [6, 6.07) is 3.38. The van der Waals surface area contributed by atoms with E-state index >= 15 is 0 Å². The largest absolute Gasteiger partial charge is 0.489 e. The molecule has 2 aromatic rings. The molecule has 20 heteroatoms. The molecule has 16 nitrogen and oxygen atoms in total. The molecule has 1 aromatic heterocycles. The summed E-state index contributed by atoms with van der Waals surface area (Å²) in [6.45, 7) is 10.5. The average molecular weight is 776 g/mol. The van der Waals surface area contributed by atoms with Gasteiger partial charge in [-0.1, -0.05) is 11.6 Å². The van der Waals surface area contributed by atoms with Gasteiger partial charge in [0, 0.05) is 25.4 Å². The van der Waals surface area contributed by atoms with Crippen molar-refractivity contribution < 1.29 is 42.8 Å². The molecular formula is C31H42Cl2FN8O8P. The number of carbonyl (C=O) groups excluding carboxylic acids is 2. The van der Waals surface area contributed by atoms with E-state index in [-0.39, 0.29) is 52.1 Å². The number of carboxylic acid groups (broad SMARTS) is 1. The van der Waals surface area contributed by atoms with Gasteiger partial charge < -0.3 is 35.8 Å². The number of rotatable bonds is 11. The smallest absolute Gasteiger partial charge is 0.427 e. The molecule has 2 unspecified atom stereocenters. The van der Waals surface area contributed by atoms with E-state index in [1.807, 2.05) is 6.92 Å². The van der Waals surface area contributed by atoms with Crippen LogP contribution in [0.15, 0.2) is 23.5 Å². The second-order valence-electron chi connectivity index (χ2n) is 12.2. The number of nitrogens with zero attached hydrogens (tertiary/aromatic N) is 5. The van der Waals surface area contributed by atoms with E-state index < -0.39 is 42.7 Å². The van der Waals surface area contributed by atoms with Gasteiger partial charge in [-0.25, -0.2) is 14.1 Å². The summed E-state index contributed by atoms with van der Waals surface area (Å²) >= 11 is 11.8. The molecule has 51 heavy (non-hydrogen) atoms. The minimum atomic E-state index is -3.10. The van der Waals surface area contributed by atoms with Crippen LogP contribution in [0.25, 0.3) is 0 Å². The minimum absolute atomic E-state index is 0.00962. The molecule has 2 fully saturated rings. The second kappa shape index (κ2) is 19.0. The van der Waals surface area contributed by atoms with Crippen LogP contribution >= 0.6 is 30.6 Å². The Morgan fingerprint density at radius 3 is 2.35 bits per heavy atom. The van der Waals surface area contributed by atoms with Crippen LogP contribution in [0.1, 0.15) is 66.7 Å².